The maximum Gasteiger partial charge on any atom is 0.371 e. The number of likely N-dealkylation sites (tertiary alicyclic amines) is 1. The van der Waals surface area contributed by atoms with Gasteiger partial charge in [0.2, 0.25) is 5.76 Å². The Bertz CT molecular complexity index is 457. The third kappa shape index (κ3) is 2.53. The van der Waals surface area contributed by atoms with E-state index in [9.17, 15) is 9.59 Å². The first-order chi connectivity index (χ1) is 8.63. The molecular formula is C12H15NO4S. The first-order valence-electron chi connectivity index (χ1n) is 5.76. The number of rotatable bonds is 4. The highest BCUT2D eigenvalue weighted by atomic mass is 32.2. The number of carboxylic acid groups (broad SMARTS) is 1. The number of hydrogen-bond donors (Lipinski definition) is 1. The molecule has 1 atom stereocenters. The lowest BCUT2D eigenvalue weighted by atomic mass is 10.2. The largest absolute Gasteiger partial charge is 0.475 e. The van der Waals surface area contributed by atoms with Crippen molar-refractivity contribution in [3.8, 4) is 0 Å². The van der Waals surface area contributed by atoms with Gasteiger partial charge in [0.05, 0.1) is 0 Å². The highest BCUT2D eigenvalue weighted by Gasteiger charge is 2.30. The minimum Gasteiger partial charge on any atom is -0.475 e. The number of nitrogens with zero attached hydrogens (tertiary/aromatic N) is 1. The van der Waals surface area contributed by atoms with E-state index >= 15 is 0 Å². The van der Waals surface area contributed by atoms with Crippen LogP contribution in [0.3, 0.4) is 0 Å². The van der Waals surface area contributed by atoms with Gasteiger partial charge in [-0.25, -0.2) is 4.79 Å². The summed E-state index contributed by atoms with van der Waals surface area (Å²) in [4.78, 5) is 24.7. The maximum atomic E-state index is 12.2. The van der Waals surface area contributed by atoms with Crippen LogP contribution in [0.25, 0.3) is 0 Å². The van der Waals surface area contributed by atoms with Crippen LogP contribution < -0.4 is 0 Å². The van der Waals surface area contributed by atoms with E-state index in [0.29, 0.717) is 6.54 Å². The fourth-order valence-corrected chi connectivity index (χ4v) is 2.91. The SMILES string of the molecule is CSCC1CCCN1C(=O)c1ccc(C(=O)O)o1. The average molecular weight is 269 g/mol. The van der Waals surface area contributed by atoms with Crippen LogP contribution in [-0.2, 0) is 0 Å². The van der Waals surface area contributed by atoms with Gasteiger partial charge in [-0.3, -0.25) is 4.79 Å². The molecule has 0 saturated carbocycles. The molecule has 1 fully saturated rings. The summed E-state index contributed by atoms with van der Waals surface area (Å²) >= 11 is 1.71. The van der Waals surface area contributed by atoms with Crippen LogP contribution in [0.4, 0.5) is 0 Å². The smallest absolute Gasteiger partial charge is 0.371 e. The van der Waals surface area contributed by atoms with Gasteiger partial charge in [-0.15, -0.1) is 0 Å². The normalized spacial score (nSPS) is 19.2. The molecule has 0 aliphatic carbocycles. The van der Waals surface area contributed by atoms with Crippen LogP contribution in [0.2, 0.25) is 0 Å². The number of carbonyl (C=O) groups excluding carboxylic acids is 1. The van der Waals surface area contributed by atoms with Gasteiger partial charge < -0.3 is 14.4 Å². The van der Waals surface area contributed by atoms with E-state index in [1.54, 1.807) is 16.7 Å². The molecule has 6 heteroatoms. The molecule has 0 radical (unpaired) electrons. The van der Waals surface area contributed by atoms with E-state index in [0.717, 1.165) is 18.6 Å². The summed E-state index contributed by atoms with van der Waals surface area (Å²) in [5.74, 6) is -0.548. The number of thioether (sulfide) groups is 1. The van der Waals surface area contributed by atoms with Gasteiger partial charge in [0.25, 0.3) is 5.91 Å². The Kier molecular flexibility index (Phi) is 3.96. The Hall–Kier alpha value is -1.43. The van der Waals surface area contributed by atoms with Crippen molar-refractivity contribution in [1.29, 1.82) is 0 Å². The molecule has 1 aliphatic heterocycles. The minimum atomic E-state index is -1.16. The van der Waals surface area contributed by atoms with Gasteiger partial charge >= 0.3 is 5.97 Å². The molecule has 2 heterocycles. The first-order valence-corrected chi connectivity index (χ1v) is 7.16. The Labute approximate surface area is 109 Å². The molecule has 1 aromatic heterocycles. The van der Waals surface area contributed by atoms with Gasteiger partial charge in [-0.05, 0) is 31.2 Å². The molecule has 1 saturated heterocycles. The lowest BCUT2D eigenvalue weighted by Crippen LogP contribution is -2.36. The predicted molar refractivity (Wildman–Crippen MR) is 68.1 cm³/mol. The van der Waals surface area contributed by atoms with Crippen molar-refractivity contribution < 1.29 is 19.1 Å². The van der Waals surface area contributed by atoms with E-state index in [1.165, 1.54) is 12.1 Å². The molecular weight excluding hydrogens is 254 g/mol. The van der Waals surface area contributed by atoms with Crippen molar-refractivity contribution in [2.45, 2.75) is 18.9 Å². The number of amides is 1. The fourth-order valence-electron chi connectivity index (χ4n) is 2.18. The first kappa shape index (κ1) is 13.0. The standard InChI is InChI=1S/C12H15NO4S/c1-18-7-8-3-2-6-13(8)11(14)9-4-5-10(17-9)12(15)16/h4-5,8H,2-3,6-7H2,1H3,(H,15,16). The maximum absolute atomic E-state index is 12.2. The summed E-state index contributed by atoms with van der Waals surface area (Å²) in [5, 5.41) is 8.76. The third-order valence-corrected chi connectivity index (χ3v) is 3.74. The summed E-state index contributed by atoms with van der Waals surface area (Å²) in [7, 11) is 0. The molecule has 18 heavy (non-hydrogen) atoms. The number of carboxylic acids is 1. The van der Waals surface area contributed by atoms with Crippen molar-refractivity contribution >= 4 is 23.6 Å². The van der Waals surface area contributed by atoms with E-state index in [-0.39, 0.29) is 23.5 Å². The van der Waals surface area contributed by atoms with Crippen LogP contribution in [0, 0.1) is 0 Å². The van der Waals surface area contributed by atoms with Gasteiger partial charge in [0.15, 0.2) is 5.76 Å². The second kappa shape index (κ2) is 5.48. The molecule has 0 spiro atoms. The molecule has 1 amide bonds. The van der Waals surface area contributed by atoms with Crippen molar-refractivity contribution in [3.05, 3.63) is 23.7 Å². The monoisotopic (exact) mass is 269 g/mol. The van der Waals surface area contributed by atoms with Crippen LogP contribution in [0.1, 0.15) is 34.0 Å². The summed E-state index contributed by atoms with van der Waals surface area (Å²) in [6.07, 6.45) is 4.00. The summed E-state index contributed by atoms with van der Waals surface area (Å²) in [6, 6.07) is 2.97. The number of hydrogen-bond acceptors (Lipinski definition) is 4. The highest BCUT2D eigenvalue weighted by molar-refractivity contribution is 7.98. The zero-order valence-corrected chi connectivity index (χ0v) is 10.9. The van der Waals surface area contributed by atoms with Crippen molar-refractivity contribution in [3.63, 3.8) is 0 Å². The zero-order chi connectivity index (χ0) is 13.1. The third-order valence-electron chi connectivity index (χ3n) is 3.02. The molecule has 1 aliphatic rings. The Morgan fingerprint density at radius 3 is 2.83 bits per heavy atom. The number of furan rings is 1. The summed E-state index contributed by atoms with van der Waals surface area (Å²) < 4.78 is 5.05. The molecule has 0 bridgehead atoms. The van der Waals surface area contributed by atoms with Gasteiger partial charge in [-0.1, -0.05) is 0 Å². The minimum absolute atomic E-state index is 0.111. The molecule has 1 aromatic rings. The van der Waals surface area contributed by atoms with E-state index in [4.69, 9.17) is 9.52 Å². The van der Waals surface area contributed by atoms with E-state index in [2.05, 4.69) is 0 Å². The second-order valence-corrected chi connectivity index (χ2v) is 5.13. The highest BCUT2D eigenvalue weighted by Crippen LogP contribution is 2.23. The molecule has 0 aromatic carbocycles. The van der Waals surface area contributed by atoms with Crippen LogP contribution >= 0.6 is 11.8 Å². The topological polar surface area (TPSA) is 70.8 Å². The van der Waals surface area contributed by atoms with Crippen molar-refractivity contribution in [2.75, 3.05) is 18.6 Å². The van der Waals surface area contributed by atoms with Crippen LogP contribution in [0.15, 0.2) is 16.5 Å². The zero-order valence-electron chi connectivity index (χ0n) is 10.1. The Morgan fingerprint density at radius 2 is 2.22 bits per heavy atom. The molecule has 98 valence electrons. The fraction of sp³-hybridized carbons (Fsp3) is 0.500. The van der Waals surface area contributed by atoms with E-state index < -0.39 is 5.97 Å². The quantitative estimate of drug-likeness (QED) is 0.904. The van der Waals surface area contributed by atoms with Crippen molar-refractivity contribution in [2.24, 2.45) is 0 Å². The summed E-state index contributed by atoms with van der Waals surface area (Å²) in [6.45, 7) is 0.715. The van der Waals surface area contributed by atoms with Gasteiger partial charge in [0, 0.05) is 18.3 Å². The molecule has 5 nitrogen and oxygen atoms in total. The number of aromatic carboxylic acids is 1. The Balaban J connectivity index is 2.12. The average Bonchev–Trinajstić information content (AvgIpc) is 2.97. The lowest BCUT2D eigenvalue weighted by Gasteiger charge is -2.22. The Morgan fingerprint density at radius 1 is 1.50 bits per heavy atom. The van der Waals surface area contributed by atoms with E-state index in [1.807, 2.05) is 6.26 Å². The predicted octanol–water partition coefficient (Wildman–Crippen LogP) is 1.95. The molecule has 2 rings (SSSR count). The van der Waals surface area contributed by atoms with Gasteiger partial charge in [0.1, 0.15) is 0 Å². The number of carbonyl (C=O) groups is 2. The van der Waals surface area contributed by atoms with Crippen molar-refractivity contribution in [1.82, 2.24) is 4.90 Å². The lowest BCUT2D eigenvalue weighted by molar-refractivity contribution is 0.0648. The van der Waals surface area contributed by atoms with Crippen LogP contribution in [0.5, 0.6) is 0 Å². The molecule has 1 N–H and O–H groups in total. The van der Waals surface area contributed by atoms with Gasteiger partial charge in [-0.2, -0.15) is 11.8 Å². The summed E-state index contributed by atoms with van der Waals surface area (Å²) in [5.41, 5.74) is 0. The second-order valence-electron chi connectivity index (χ2n) is 4.22. The molecule has 1 unspecified atom stereocenters. The van der Waals surface area contributed by atoms with Crippen LogP contribution in [-0.4, -0.2) is 46.5 Å².